The summed E-state index contributed by atoms with van der Waals surface area (Å²) in [6.07, 6.45) is 5.09. The summed E-state index contributed by atoms with van der Waals surface area (Å²) < 4.78 is 0. The number of fused-ring (bicyclic) bond motifs is 4. The van der Waals surface area contributed by atoms with E-state index in [9.17, 15) is 33.6 Å². The second kappa shape index (κ2) is 31.2. The van der Waals surface area contributed by atoms with Gasteiger partial charge in [0.15, 0.2) is 5.96 Å². The minimum atomic E-state index is -1.59. The van der Waals surface area contributed by atoms with Gasteiger partial charge in [0.2, 0.25) is 59.1 Å². The van der Waals surface area contributed by atoms with Gasteiger partial charge in [-0.2, -0.15) is 0 Å². The molecule has 25 heteroatoms. The van der Waals surface area contributed by atoms with Gasteiger partial charge in [-0.3, -0.25) is 52.9 Å². The van der Waals surface area contributed by atoms with Crippen LogP contribution in [0.1, 0.15) is 101 Å². The standard InChI is InChI=1S/C64H81N15O10/c1-3-4-19-48(72-37(2)80)57(83)76-52-34-55(81)68-27-12-11-22-47(56(65)82)73-60(86)51(32-41-35-70-45-20-9-7-17-43(41)45)75-58(84)49(23-13-28-69-64(66)67)74-59(85)50(31-38-25-26-39-15-5-6-16-40(39)30-38)77-62(88)54-24-14-29-79(54)63(89)53(78-61(52)87)33-42-36-71-46-21-10-8-18-44(42)46/h5-10,15-18,20-21,25-26,30,35-36,47-54,70-71H,3-4,11-14,19,22-24,27-29,31-34H2,1-2H3,(H2,65,82)(H,68,81)(H,72,80)(H,73,86)(H,74,85)(H,75,84)(H,76,83)(H,77,88)(H,78,87)(H4,66,67,69)/t47-,48+,49+,50+,51+,52-,53-,54-/m1/s1. The van der Waals surface area contributed by atoms with Crippen LogP contribution in [0.4, 0.5) is 0 Å². The highest BCUT2D eigenvalue weighted by atomic mass is 16.2. The lowest BCUT2D eigenvalue weighted by Crippen LogP contribution is -2.61. The van der Waals surface area contributed by atoms with Gasteiger partial charge >= 0.3 is 0 Å². The highest BCUT2D eigenvalue weighted by Gasteiger charge is 2.41. The second-order valence-corrected chi connectivity index (χ2v) is 22.9. The van der Waals surface area contributed by atoms with Crippen molar-refractivity contribution in [3.05, 3.63) is 120 Å². The van der Waals surface area contributed by atoms with Crippen LogP contribution < -0.4 is 59.7 Å². The van der Waals surface area contributed by atoms with Gasteiger partial charge in [-0.05, 0) is 91.0 Å². The molecule has 4 heterocycles. The number of nitrogens with zero attached hydrogens (tertiary/aromatic N) is 2. The molecule has 472 valence electrons. The molecular formula is C64H81N15O10. The predicted octanol–water partition coefficient (Wildman–Crippen LogP) is 1.65. The number of H-pyrrole nitrogens is 2. The monoisotopic (exact) mass is 1220 g/mol. The van der Waals surface area contributed by atoms with Gasteiger partial charge in [0.05, 0.1) is 6.42 Å². The van der Waals surface area contributed by atoms with E-state index in [1.165, 1.54) is 11.8 Å². The molecule has 0 spiro atoms. The Morgan fingerprint density at radius 2 is 1.26 bits per heavy atom. The van der Waals surface area contributed by atoms with Crippen molar-refractivity contribution in [2.45, 2.75) is 152 Å². The van der Waals surface area contributed by atoms with E-state index in [1.54, 1.807) is 12.4 Å². The minimum absolute atomic E-state index is 0.00555. The molecule has 2 fully saturated rings. The van der Waals surface area contributed by atoms with E-state index < -0.39 is 114 Å². The number of hydrogen-bond donors (Lipinski definition) is 13. The zero-order chi connectivity index (χ0) is 63.6. The summed E-state index contributed by atoms with van der Waals surface area (Å²) in [4.78, 5) is 155. The third-order valence-corrected chi connectivity index (χ3v) is 16.2. The normalized spacial score (nSPS) is 21.8. The number of rotatable bonds is 17. The molecule has 8 atom stereocenters. The number of nitrogens with one attached hydrogen (secondary N) is 10. The number of amides is 10. The number of nitrogens with two attached hydrogens (primary N) is 3. The van der Waals surface area contributed by atoms with Crippen molar-refractivity contribution in [3.8, 4) is 0 Å². The minimum Gasteiger partial charge on any atom is -0.370 e. The molecule has 2 aliphatic rings. The summed E-state index contributed by atoms with van der Waals surface area (Å²) in [7, 11) is 0. The van der Waals surface area contributed by atoms with Crippen LogP contribution in [0.2, 0.25) is 0 Å². The molecule has 0 unspecified atom stereocenters. The number of carbonyl (C=O) groups excluding carboxylic acids is 10. The lowest BCUT2D eigenvalue weighted by Gasteiger charge is -2.31. The van der Waals surface area contributed by atoms with Gasteiger partial charge in [0.25, 0.3) is 0 Å². The van der Waals surface area contributed by atoms with Crippen molar-refractivity contribution in [2.24, 2.45) is 22.2 Å². The number of carbonyl (C=O) groups is 10. The molecule has 25 nitrogen and oxygen atoms in total. The molecule has 10 amide bonds. The molecule has 4 aromatic carbocycles. The Hall–Kier alpha value is -9.81. The molecule has 0 saturated carbocycles. The molecule has 8 rings (SSSR count). The maximum atomic E-state index is 15.4. The molecule has 6 aromatic rings. The van der Waals surface area contributed by atoms with Gasteiger partial charge in [-0.15, -0.1) is 0 Å². The summed E-state index contributed by atoms with van der Waals surface area (Å²) in [5, 5.41) is 25.5. The van der Waals surface area contributed by atoms with Crippen molar-refractivity contribution >= 4 is 97.6 Å². The summed E-state index contributed by atoms with van der Waals surface area (Å²) in [5.74, 6) is -7.58. The van der Waals surface area contributed by atoms with Gasteiger partial charge < -0.3 is 74.6 Å². The largest absolute Gasteiger partial charge is 0.370 e. The van der Waals surface area contributed by atoms with E-state index in [0.717, 1.165) is 32.6 Å². The maximum Gasteiger partial charge on any atom is 0.246 e. The number of unbranched alkanes of at least 4 members (excludes halogenated alkanes) is 1. The van der Waals surface area contributed by atoms with Crippen molar-refractivity contribution in [3.63, 3.8) is 0 Å². The second-order valence-electron chi connectivity index (χ2n) is 22.9. The predicted molar refractivity (Wildman–Crippen MR) is 336 cm³/mol. The summed E-state index contributed by atoms with van der Waals surface area (Å²) in [5.41, 5.74) is 20.7. The van der Waals surface area contributed by atoms with E-state index >= 15 is 14.4 Å². The van der Waals surface area contributed by atoms with Crippen LogP contribution in [0.25, 0.3) is 32.6 Å². The van der Waals surface area contributed by atoms with Crippen LogP contribution in [-0.4, -0.2) is 148 Å². The van der Waals surface area contributed by atoms with Crippen LogP contribution >= 0.6 is 0 Å². The molecule has 2 saturated heterocycles. The molecule has 2 aliphatic heterocycles. The van der Waals surface area contributed by atoms with Crippen molar-refractivity contribution in [1.29, 1.82) is 0 Å². The van der Waals surface area contributed by atoms with Crippen LogP contribution in [0.15, 0.2) is 108 Å². The molecular weight excluding hydrogens is 1140 g/mol. The third-order valence-electron chi connectivity index (χ3n) is 16.2. The quantitative estimate of drug-likeness (QED) is 0.0352. The first-order valence-corrected chi connectivity index (χ1v) is 30.4. The van der Waals surface area contributed by atoms with Crippen molar-refractivity contribution < 1.29 is 47.9 Å². The van der Waals surface area contributed by atoms with Gasteiger partial charge in [0, 0.05) is 80.0 Å². The van der Waals surface area contributed by atoms with E-state index in [2.05, 4.69) is 57.5 Å². The fraction of sp³-hybridized carbons (Fsp3) is 0.422. The number of aromatic amines is 2. The summed E-state index contributed by atoms with van der Waals surface area (Å²) >= 11 is 0. The Labute approximate surface area is 515 Å². The summed E-state index contributed by atoms with van der Waals surface area (Å²) in [6.45, 7) is 3.32. The number of primary amides is 1. The van der Waals surface area contributed by atoms with E-state index in [1.807, 2.05) is 97.9 Å². The third kappa shape index (κ3) is 17.9. The number of benzene rings is 4. The SMILES string of the molecule is CCCC[C@H](NC(C)=O)C(=O)N[C@@H]1CC(=O)NCCCC[C@H](C(N)=O)NC(=O)[C@H](Cc2c[nH]c3ccccc23)NC(=O)[C@H](CCCN=C(N)N)NC(=O)[C@H](Cc2ccc3ccccc3c2)NC(=O)[C@H]2CCCN2C(=O)[C@@H](Cc2c[nH]c3ccccc23)NC1=O. The number of para-hydroxylation sites is 2. The first-order chi connectivity index (χ1) is 42.8. The number of hydrogen-bond acceptors (Lipinski definition) is 11. The van der Waals surface area contributed by atoms with E-state index in [4.69, 9.17) is 17.2 Å². The molecule has 0 aliphatic carbocycles. The van der Waals surface area contributed by atoms with E-state index in [-0.39, 0.29) is 89.8 Å². The lowest BCUT2D eigenvalue weighted by molar-refractivity contribution is -0.142. The molecule has 0 bridgehead atoms. The average Bonchev–Trinajstić information content (AvgIpc) is 2.26. The maximum absolute atomic E-state index is 15.4. The van der Waals surface area contributed by atoms with Gasteiger partial charge in [-0.25, -0.2) is 0 Å². The average molecular weight is 1220 g/mol. The zero-order valence-electron chi connectivity index (χ0n) is 50.2. The Kier molecular flexibility index (Phi) is 22.8. The fourth-order valence-corrected chi connectivity index (χ4v) is 11.5. The Morgan fingerprint density at radius 1 is 0.652 bits per heavy atom. The number of aromatic nitrogens is 2. The smallest absolute Gasteiger partial charge is 0.246 e. The number of aliphatic imine (C=N–C) groups is 1. The topological polar surface area (TPSA) is 392 Å². The molecule has 0 radical (unpaired) electrons. The first kappa shape index (κ1) is 65.2. The van der Waals surface area contributed by atoms with E-state index in [0.29, 0.717) is 36.0 Å². The Morgan fingerprint density at radius 3 is 1.93 bits per heavy atom. The van der Waals surface area contributed by atoms with Crippen molar-refractivity contribution in [2.75, 3.05) is 19.6 Å². The Bertz CT molecular complexity index is 3580. The number of guanidine groups is 1. The van der Waals surface area contributed by atoms with Gasteiger partial charge in [-0.1, -0.05) is 98.6 Å². The summed E-state index contributed by atoms with van der Waals surface area (Å²) in [6, 6.07) is 17.3. The first-order valence-electron chi connectivity index (χ1n) is 30.4. The Balaban J connectivity index is 1.17. The highest BCUT2D eigenvalue weighted by molar-refractivity contribution is 6.00. The molecule has 16 N–H and O–H groups in total. The molecule has 2 aromatic heterocycles. The van der Waals surface area contributed by atoms with Crippen molar-refractivity contribution in [1.82, 2.24) is 57.4 Å². The van der Waals surface area contributed by atoms with Crippen LogP contribution in [0, 0.1) is 0 Å². The fourth-order valence-electron chi connectivity index (χ4n) is 11.5. The lowest BCUT2D eigenvalue weighted by atomic mass is 9.99. The highest BCUT2D eigenvalue weighted by Crippen LogP contribution is 2.25. The van der Waals surface area contributed by atoms with Crippen LogP contribution in [-0.2, 0) is 67.2 Å². The van der Waals surface area contributed by atoms with Crippen LogP contribution in [0.3, 0.4) is 0 Å². The molecule has 89 heavy (non-hydrogen) atoms. The van der Waals surface area contributed by atoms with Gasteiger partial charge in [0.1, 0.15) is 48.3 Å². The van der Waals surface area contributed by atoms with Crippen LogP contribution in [0.5, 0.6) is 0 Å². The zero-order valence-corrected chi connectivity index (χ0v) is 50.2.